The Kier molecular flexibility index (Phi) is 7.56. The summed E-state index contributed by atoms with van der Waals surface area (Å²) in [5.74, 6) is 2.71. The molecule has 2 aliphatic rings. The number of fused-ring (bicyclic) bond motifs is 1. The summed E-state index contributed by atoms with van der Waals surface area (Å²) in [4.78, 5) is 20.5. The molecule has 5 rings (SSSR count). The maximum absolute atomic E-state index is 13.3. The molecule has 0 bridgehead atoms. The SMILES string of the molecule is CN1CCN(c2ccc(Nc3cnc4c(n3)N(Cc3cc(C(F)(F)F)ccc3I)CCCN4)cn2)CC1. The number of hydrogen-bond donors (Lipinski definition) is 2. The van der Waals surface area contributed by atoms with Crippen molar-refractivity contribution in [3.63, 3.8) is 0 Å². The van der Waals surface area contributed by atoms with E-state index in [-0.39, 0.29) is 0 Å². The number of pyridine rings is 1. The third-order valence-corrected chi connectivity index (χ3v) is 7.59. The molecule has 0 atom stereocenters. The van der Waals surface area contributed by atoms with Gasteiger partial charge in [-0.1, -0.05) is 0 Å². The normalized spacial score (nSPS) is 16.7. The first kappa shape index (κ1) is 25.8. The van der Waals surface area contributed by atoms with Gasteiger partial charge >= 0.3 is 6.18 Å². The molecular formula is C25H28F3IN8. The van der Waals surface area contributed by atoms with E-state index in [1.807, 2.05) is 17.0 Å². The minimum absolute atomic E-state index is 0.302. The molecule has 2 aromatic heterocycles. The van der Waals surface area contributed by atoms with Crippen molar-refractivity contribution in [3.8, 4) is 0 Å². The molecule has 0 amide bonds. The summed E-state index contributed by atoms with van der Waals surface area (Å²) in [5, 5.41) is 6.55. The van der Waals surface area contributed by atoms with E-state index in [4.69, 9.17) is 4.98 Å². The molecule has 0 radical (unpaired) electrons. The number of rotatable bonds is 5. The molecular weight excluding hydrogens is 596 g/mol. The fourth-order valence-corrected chi connectivity index (χ4v) is 4.94. The lowest BCUT2D eigenvalue weighted by atomic mass is 10.1. The third kappa shape index (κ3) is 6.17. The Morgan fingerprint density at radius 2 is 1.84 bits per heavy atom. The van der Waals surface area contributed by atoms with Gasteiger partial charge in [0, 0.05) is 49.4 Å². The molecule has 2 aliphatic heterocycles. The van der Waals surface area contributed by atoms with Crippen LogP contribution < -0.4 is 20.4 Å². The molecule has 1 fully saturated rings. The van der Waals surface area contributed by atoms with Crippen molar-refractivity contribution >= 4 is 51.5 Å². The van der Waals surface area contributed by atoms with Gasteiger partial charge in [-0.2, -0.15) is 13.2 Å². The predicted octanol–water partition coefficient (Wildman–Crippen LogP) is 4.81. The van der Waals surface area contributed by atoms with Gasteiger partial charge in [-0.25, -0.2) is 15.0 Å². The van der Waals surface area contributed by atoms with Crippen molar-refractivity contribution in [2.45, 2.75) is 19.1 Å². The molecule has 0 saturated carbocycles. The van der Waals surface area contributed by atoms with Crippen molar-refractivity contribution in [3.05, 3.63) is 57.4 Å². The van der Waals surface area contributed by atoms with Crippen molar-refractivity contribution in [1.82, 2.24) is 19.9 Å². The fourth-order valence-electron chi connectivity index (χ4n) is 4.43. The molecule has 0 aliphatic carbocycles. The number of benzene rings is 1. The molecule has 0 unspecified atom stereocenters. The Morgan fingerprint density at radius 3 is 2.57 bits per heavy atom. The van der Waals surface area contributed by atoms with Crippen LogP contribution in [0.25, 0.3) is 0 Å². The minimum Gasteiger partial charge on any atom is -0.367 e. The van der Waals surface area contributed by atoms with Crippen LogP contribution in [0.2, 0.25) is 0 Å². The molecule has 3 aromatic rings. The Hall–Kier alpha value is -2.87. The van der Waals surface area contributed by atoms with Gasteiger partial charge in [0.25, 0.3) is 0 Å². The average Bonchev–Trinajstić information content (AvgIpc) is 3.07. The smallest absolute Gasteiger partial charge is 0.367 e. The lowest BCUT2D eigenvalue weighted by molar-refractivity contribution is -0.137. The molecule has 1 aromatic carbocycles. The van der Waals surface area contributed by atoms with Gasteiger partial charge in [-0.3, -0.25) is 0 Å². The van der Waals surface area contributed by atoms with E-state index in [1.54, 1.807) is 12.4 Å². The molecule has 8 nitrogen and oxygen atoms in total. The highest BCUT2D eigenvalue weighted by Gasteiger charge is 2.31. The second-order valence-corrected chi connectivity index (χ2v) is 10.4. The van der Waals surface area contributed by atoms with E-state index in [9.17, 15) is 13.2 Å². The van der Waals surface area contributed by atoms with E-state index < -0.39 is 11.7 Å². The van der Waals surface area contributed by atoms with Gasteiger partial charge in [-0.15, -0.1) is 0 Å². The fraction of sp³-hybridized carbons (Fsp3) is 0.400. The van der Waals surface area contributed by atoms with Crippen LogP contribution in [0.15, 0.2) is 42.7 Å². The van der Waals surface area contributed by atoms with Crippen molar-refractivity contribution in [2.24, 2.45) is 0 Å². The van der Waals surface area contributed by atoms with Crippen LogP contribution in [0.1, 0.15) is 17.5 Å². The lowest BCUT2D eigenvalue weighted by Crippen LogP contribution is -2.44. The van der Waals surface area contributed by atoms with Gasteiger partial charge in [0.2, 0.25) is 0 Å². The maximum atomic E-state index is 13.3. The summed E-state index contributed by atoms with van der Waals surface area (Å²) < 4.78 is 40.7. The van der Waals surface area contributed by atoms with E-state index in [2.05, 4.69) is 60.0 Å². The predicted molar refractivity (Wildman–Crippen MR) is 148 cm³/mol. The summed E-state index contributed by atoms with van der Waals surface area (Å²) in [7, 11) is 2.12. The number of anilines is 5. The minimum atomic E-state index is -4.39. The number of aromatic nitrogens is 3. The molecule has 1 saturated heterocycles. The second-order valence-electron chi connectivity index (χ2n) is 9.25. The number of piperazine rings is 1. The zero-order valence-corrected chi connectivity index (χ0v) is 22.6. The quantitative estimate of drug-likeness (QED) is 0.392. The van der Waals surface area contributed by atoms with Crippen LogP contribution in [0.4, 0.5) is 42.1 Å². The summed E-state index contributed by atoms with van der Waals surface area (Å²) in [6, 6.07) is 7.82. The van der Waals surface area contributed by atoms with Gasteiger partial charge in [0.1, 0.15) is 5.82 Å². The van der Waals surface area contributed by atoms with Crippen molar-refractivity contribution < 1.29 is 13.2 Å². The first-order chi connectivity index (χ1) is 17.8. The monoisotopic (exact) mass is 624 g/mol. The van der Waals surface area contributed by atoms with Crippen molar-refractivity contribution in [2.75, 3.05) is 66.7 Å². The largest absolute Gasteiger partial charge is 0.416 e. The van der Waals surface area contributed by atoms with Crippen molar-refractivity contribution in [1.29, 1.82) is 0 Å². The third-order valence-electron chi connectivity index (χ3n) is 6.53. The standard InChI is InChI=1S/C25H28F3IN8/c1-35-9-11-36(12-10-35)22-6-4-19(14-31-22)33-21-15-32-23-24(34-21)37(8-2-7-30-23)16-17-13-18(25(26,27)28)3-5-20(17)29/h3-6,13-15H,2,7-12,16H2,1H3,(H,30,32)(H,33,34). The van der Waals surface area contributed by atoms with Gasteiger partial charge in [0.05, 0.1) is 23.6 Å². The Labute approximate surface area is 227 Å². The maximum Gasteiger partial charge on any atom is 0.416 e. The Bertz CT molecular complexity index is 1230. The van der Waals surface area contributed by atoms with E-state index >= 15 is 0 Å². The van der Waals surface area contributed by atoms with Crippen LogP contribution in [-0.4, -0.2) is 66.2 Å². The Morgan fingerprint density at radius 1 is 1.03 bits per heavy atom. The van der Waals surface area contributed by atoms with Crippen LogP contribution >= 0.6 is 22.6 Å². The number of nitrogens with one attached hydrogen (secondary N) is 2. The highest BCUT2D eigenvalue weighted by molar-refractivity contribution is 14.1. The van der Waals surface area contributed by atoms with Gasteiger partial charge in [0.15, 0.2) is 17.5 Å². The van der Waals surface area contributed by atoms with Crippen LogP contribution in [0.3, 0.4) is 0 Å². The van der Waals surface area contributed by atoms with Crippen LogP contribution in [0.5, 0.6) is 0 Å². The number of halogens is 4. The van der Waals surface area contributed by atoms with E-state index in [0.717, 1.165) is 53.7 Å². The van der Waals surface area contributed by atoms with Crippen LogP contribution in [0, 0.1) is 3.57 Å². The zero-order valence-electron chi connectivity index (χ0n) is 20.4. The lowest BCUT2D eigenvalue weighted by Gasteiger charge is -2.33. The average molecular weight is 624 g/mol. The Balaban J connectivity index is 1.35. The molecule has 196 valence electrons. The topological polar surface area (TPSA) is 72.5 Å². The number of hydrogen-bond acceptors (Lipinski definition) is 8. The molecule has 0 spiro atoms. The van der Waals surface area contributed by atoms with Gasteiger partial charge < -0.3 is 25.3 Å². The first-order valence-corrected chi connectivity index (χ1v) is 13.2. The van der Waals surface area contributed by atoms with Crippen LogP contribution in [-0.2, 0) is 12.7 Å². The number of nitrogens with zero attached hydrogens (tertiary/aromatic N) is 6. The molecule has 37 heavy (non-hydrogen) atoms. The highest BCUT2D eigenvalue weighted by atomic mass is 127. The molecule has 12 heteroatoms. The zero-order chi connectivity index (χ0) is 26.0. The molecule has 2 N–H and O–H groups in total. The van der Waals surface area contributed by atoms with E-state index in [1.165, 1.54) is 12.1 Å². The highest BCUT2D eigenvalue weighted by Crippen LogP contribution is 2.33. The van der Waals surface area contributed by atoms with E-state index in [0.29, 0.717) is 42.7 Å². The summed E-state index contributed by atoms with van der Waals surface area (Å²) in [6.45, 7) is 5.57. The summed E-state index contributed by atoms with van der Waals surface area (Å²) in [5.41, 5.74) is 0.741. The molecule has 4 heterocycles. The first-order valence-electron chi connectivity index (χ1n) is 12.1. The summed E-state index contributed by atoms with van der Waals surface area (Å²) >= 11 is 2.08. The van der Waals surface area contributed by atoms with Gasteiger partial charge in [-0.05, 0) is 72.0 Å². The summed E-state index contributed by atoms with van der Waals surface area (Å²) in [6.07, 6.45) is -0.143. The second kappa shape index (κ2) is 10.9. The number of alkyl halides is 3. The number of likely N-dealkylation sites (N-methyl/N-ethyl adjacent to an activating group) is 1.